The topological polar surface area (TPSA) is 44.7 Å². The van der Waals surface area contributed by atoms with E-state index >= 15 is 0 Å². The molecular formula is C17H24Cl2N2O2S. The summed E-state index contributed by atoms with van der Waals surface area (Å²) in [5.74, 6) is 0.831. The summed E-state index contributed by atoms with van der Waals surface area (Å²) in [6, 6.07) is 10.1. The van der Waals surface area contributed by atoms with Gasteiger partial charge in [-0.2, -0.15) is 0 Å². The van der Waals surface area contributed by atoms with Crippen LogP contribution in [0, 0.1) is 0 Å². The highest BCUT2D eigenvalue weighted by Crippen LogP contribution is 2.40. The highest BCUT2D eigenvalue weighted by Gasteiger charge is 2.27. The van der Waals surface area contributed by atoms with Crippen molar-refractivity contribution in [1.82, 2.24) is 10.2 Å². The Hall–Kier alpha value is -0.980. The third-order valence-electron chi connectivity index (χ3n) is 3.95. The molecule has 1 fully saturated rings. The fourth-order valence-corrected chi connectivity index (χ4v) is 3.83. The molecule has 1 aromatic heterocycles. The number of benzene rings is 1. The summed E-state index contributed by atoms with van der Waals surface area (Å²) in [7, 11) is 0. The van der Waals surface area contributed by atoms with Gasteiger partial charge in [-0.15, -0.1) is 36.2 Å². The lowest BCUT2D eigenvalue weighted by Gasteiger charge is -2.35. The van der Waals surface area contributed by atoms with Gasteiger partial charge in [-0.3, -0.25) is 4.90 Å². The van der Waals surface area contributed by atoms with Crippen molar-refractivity contribution in [3.63, 3.8) is 0 Å². The van der Waals surface area contributed by atoms with Crippen molar-refractivity contribution in [2.75, 3.05) is 32.8 Å². The van der Waals surface area contributed by atoms with Crippen molar-refractivity contribution in [2.45, 2.75) is 13.0 Å². The Kier molecular flexibility index (Phi) is 8.87. The summed E-state index contributed by atoms with van der Waals surface area (Å²) in [5, 5.41) is 16.1. The zero-order valence-corrected chi connectivity index (χ0v) is 16.1. The van der Waals surface area contributed by atoms with Crippen LogP contribution in [-0.2, 0) is 0 Å². The molecule has 4 nitrogen and oxygen atoms in total. The molecule has 2 N–H and O–H groups in total. The van der Waals surface area contributed by atoms with Crippen LogP contribution < -0.4 is 10.1 Å². The smallest absolute Gasteiger partial charge is 0.162 e. The van der Waals surface area contributed by atoms with Crippen molar-refractivity contribution in [1.29, 1.82) is 0 Å². The van der Waals surface area contributed by atoms with Crippen LogP contribution in [0.15, 0.2) is 35.7 Å². The first-order valence-corrected chi connectivity index (χ1v) is 8.62. The first-order chi connectivity index (χ1) is 10.8. The molecule has 1 aromatic carbocycles. The lowest BCUT2D eigenvalue weighted by atomic mass is 10.0. The van der Waals surface area contributed by atoms with Crippen LogP contribution >= 0.6 is 36.2 Å². The Morgan fingerprint density at radius 1 is 1.21 bits per heavy atom. The van der Waals surface area contributed by atoms with Crippen molar-refractivity contribution >= 4 is 36.2 Å². The lowest BCUT2D eigenvalue weighted by molar-refractivity contribution is 0.197. The normalized spacial score (nSPS) is 15.9. The van der Waals surface area contributed by atoms with E-state index < -0.39 is 0 Å². The largest absolute Gasteiger partial charge is 0.504 e. The molecule has 0 saturated carbocycles. The van der Waals surface area contributed by atoms with Gasteiger partial charge in [0, 0.05) is 36.6 Å². The number of piperazine rings is 1. The number of para-hydroxylation sites is 1. The molecule has 1 saturated heterocycles. The summed E-state index contributed by atoms with van der Waals surface area (Å²) >= 11 is 1.73. The average molecular weight is 391 g/mol. The molecule has 0 aliphatic carbocycles. The van der Waals surface area contributed by atoms with Gasteiger partial charge in [0.1, 0.15) is 0 Å². The summed E-state index contributed by atoms with van der Waals surface area (Å²) in [4.78, 5) is 3.68. The number of ether oxygens (including phenoxy) is 1. The Morgan fingerprint density at radius 2 is 1.96 bits per heavy atom. The molecule has 3 rings (SSSR count). The minimum absolute atomic E-state index is 0. The van der Waals surface area contributed by atoms with Gasteiger partial charge in [0.2, 0.25) is 0 Å². The Morgan fingerprint density at radius 3 is 2.58 bits per heavy atom. The van der Waals surface area contributed by atoms with Crippen LogP contribution in [-0.4, -0.2) is 42.8 Å². The van der Waals surface area contributed by atoms with E-state index in [0.29, 0.717) is 12.4 Å². The highest BCUT2D eigenvalue weighted by molar-refractivity contribution is 7.10. The lowest BCUT2D eigenvalue weighted by Crippen LogP contribution is -2.45. The molecule has 0 spiro atoms. The molecule has 0 radical (unpaired) electrons. The number of thiophene rings is 1. The summed E-state index contributed by atoms with van der Waals surface area (Å²) < 4.78 is 5.55. The van der Waals surface area contributed by atoms with Crippen LogP contribution in [0.3, 0.4) is 0 Å². The number of nitrogens with zero attached hydrogens (tertiary/aromatic N) is 1. The van der Waals surface area contributed by atoms with E-state index in [1.165, 1.54) is 4.88 Å². The molecule has 134 valence electrons. The monoisotopic (exact) mass is 390 g/mol. The number of halogens is 2. The molecule has 0 unspecified atom stereocenters. The van der Waals surface area contributed by atoms with E-state index in [1.807, 2.05) is 25.1 Å². The second-order valence-corrected chi connectivity index (χ2v) is 6.31. The second-order valence-electron chi connectivity index (χ2n) is 5.33. The van der Waals surface area contributed by atoms with Crippen molar-refractivity contribution in [3.8, 4) is 11.5 Å². The molecule has 2 aromatic rings. The zero-order chi connectivity index (χ0) is 15.4. The van der Waals surface area contributed by atoms with Crippen LogP contribution in [0.2, 0.25) is 0 Å². The maximum Gasteiger partial charge on any atom is 0.162 e. The maximum absolute atomic E-state index is 10.7. The molecule has 0 bridgehead atoms. The van der Waals surface area contributed by atoms with Crippen molar-refractivity contribution in [2.24, 2.45) is 0 Å². The summed E-state index contributed by atoms with van der Waals surface area (Å²) in [6.45, 7) is 6.39. The fraction of sp³-hybridized carbons (Fsp3) is 0.412. The Bertz CT molecular complexity index is 605. The Balaban J connectivity index is 0.00000144. The van der Waals surface area contributed by atoms with Crippen LogP contribution in [0.1, 0.15) is 23.4 Å². The minimum Gasteiger partial charge on any atom is -0.504 e. The first kappa shape index (κ1) is 21.1. The van der Waals surface area contributed by atoms with E-state index in [-0.39, 0.29) is 36.6 Å². The Labute approximate surface area is 159 Å². The maximum atomic E-state index is 10.7. The standard InChI is InChI=1S/C17H22N2O2S.2ClH/c1-2-21-14-6-3-5-13(17(14)20)16(15-7-4-12-22-15)19-10-8-18-9-11-19;;/h3-7,12,16,18,20H,2,8-11H2,1H3;2*1H/t16-;;/m1../s1. The van der Waals surface area contributed by atoms with Gasteiger partial charge in [-0.05, 0) is 24.4 Å². The van der Waals surface area contributed by atoms with E-state index in [4.69, 9.17) is 4.74 Å². The number of hydrogen-bond acceptors (Lipinski definition) is 5. The van der Waals surface area contributed by atoms with Crippen LogP contribution in [0.25, 0.3) is 0 Å². The second kappa shape index (κ2) is 10.1. The van der Waals surface area contributed by atoms with Gasteiger partial charge in [0.25, 0.3) is 0 Å². The average Bonchev–Trinajstić information content (AvgIpc) is 3.06. The zero-order valence-electron chi connectivity index (χ0n) is 13.6. The number of hydrogen-bond donors (Lipinski definition) is 2. The molecule has 7 heteroatoms. The van der Waals surface area contributed by atoms with E-state index in [9.17, 15) is 5.11 Å². The number of nitrogens with one attached hydrogen (secondary N) is 1. The van der Waals surface area contributed by atoms with E-state index in [2.05, 4.69) is 27.7 Å². The van der Waals surface area contributed by atoms with Crippen molar-refractivity contribution < 1.29 is 9.84 Å². The van der Waals surface area contributed by atoms with Gasteiger partial charge in [0.05, 0.1) is 12.6 Å². The predicted molar refractivity (Wildman–Crippen MR) is 104 cm³/mol. The molecule has 1 atom stereocenters. The van der Waals surface area contributed by atoms with Gasteiger partial charge in [0.15, 0.2) is 11.5 Å². The third kappa shape index (κ3) is 4.55. The predicted octanol–water partition coefficient (Wildman–Crippen LogP) is 3.69. The van der Waals surface area contributed by atoms with E-state index in [1.54, 1.807) is 11.3 Å². The fourth-order valence-electron chi connectivity index (χ4n) is 2.95. The SMILES string of the molecule is CCOc1cccc([C@H](c2cccs2)N2CCNCC2)c1O.Cl.Cl. The molecule has 24 heavy (non-hydrogen) atoms. The van der Waals surface area contributed by atoms with Gasteiger partial charge in [-0.25, -0.2) is 0 Å². The molecule has 1 aliphatic heterocycles. The first-order valence-electron chi connectivity index (χ1n) is 7.74. The quantitative estimate of drug-likeness (QED) is 0.816. The third-order valence-corrected chi connectivity index (χ3v) is 4.88. The highest BCUT2D eigenvalue weighted by atomic mass is 35.5. The number of aromatic hydroxyl groups is 1. The van der Waals surface area contributed by atoms with E-state index in [0.717, 1.165) is 31.7 Å². The minimum atomic E-state index is 0. The number of phenolic OH excluding ortho intramolecular Hbond substituents is 1. The van der Waals surface area contributed by atoms with Gasteiger partial charge < -0.3 is 15.2 Å². The number of phenols is 1. The molecule has 2 heterocycles. The summed E-state index contributed by atoms with van der Waals surface area (Å²) in [6.07, 6.45) is 0. The molecule has 1 aliphatic rings. The van der Waals surface area contributed by atoms with Crippen LogP contribution in [0.5, 0.6) is 11.5 Å². The summed E-state index contributed by atoms with van der Waals surface area (Å²) in [5.41, 5.74) is 0.926. The number of rotatable bonds is 5. The van der Waals surface area contributed by atoms with Crippen LogP contribution in [0.4, 0.5) is 0 Å². The van der Waals surface area contributed by atoms with Gasteiger partial charge >= 0.3 is 0 Å². The molecular weight excluding hydrogens is 367 g/mol. The molecule has 0 amide bonds. The van der Waals surface area contributed by atoms with Crippen molar-refractivity contribution in [3.05, 3.63) is 46.2 Å². The van der Waals surface area contributed by atoms with Gasteiger partial charge in [-0.1, -0.05) is 18.2 Å².